The summed E-state index contributed by atoms with van der Waals surface area (Å²) in [5.41, 5.74) is 7.44. The molecule has 1 aromatic heterocycles. The molecule has 0 radical (unpaired) electrons. The normalized spacial score (nSPS) is 20.3. The number of methoxy groups -OCH3 is 1. The van der Waals surface area contributed by atoms with E-state index in [0.717, 1.165) is 25.0 Å². The van der Waals surface area contributed by atoms with Crippen LogP contribution in [-0.2, 0) is 4.74 Å². The molecule has 0 aliphatic heterocycles. The molecule has 0 saturated heterocycles. The highest BCUT2D eigenvalue weighted by molar-refractivity contribution is 5.09. The fraction of sp³-hybridized carbons (Fsp3) is 0.769. The Kier molecular flexibility index (Phi) is 3.54. The minimum atomic E-state index is 0.0140. The van der Waals surface area contributed by atoms with E-state index in [1.807, 2.05) is 16.9 Å². The van der Waals surface area contributed by atoms with Crippen LogP contribution in [0, 0.1) is 0 Å². The average Bonchev–Trinajstić information content (AvgIpc) is 2.72. The fourth-order valence-electron chi connectivity index (χ4n) is 2.62. The Labute approximate surface area is 103 Å². The van der Waals surface area contributed by atoms with Crippen LogP contribution in [0.4, 0.5) is 0 Å². The molecule has 0 amide bonds. The van der Waals surface area contributed by atoms with Crippen LogP contribution in [-0.4, -0.2) is 22.5 Å². The number of ether oxygens (including phenoxy) is 1. The Morgan fingerprint density at radius 1 is 1.53 bits per heavy atom. The van der Waals surface area contributed by atoms with Crippen LogP contribution in [0.2, 0.25) is 0 Å². The summed E-state index contributed by atoms with van der Waals surface area (Å²) in [7, 11) is 1.80. The monoisotopic (exact) mass is 237 g/mol. The van der Waals surface area contributed by atoms with Crippen molar-refractivity contribution in [1.82, 2.24) is 9.78 Å². The Balaban J connectivity index is 2.09. The molecular formula is C13H23N3O. The molecule has 1 aliphatic rings. The summed E-state index contributed by atoms with van der Waals surface area (Å²) in [6.45, 7) is 4.25. The number of hydrogen-bond donors (Lipinski definition) is 1. The number of aromatic nitrogens is 2. The van der Waals surface area contributed by atoms with E-state index in [9.17, 15) is 0 Å². The van der Waals surface area contributed by atoms with Crippen LogP contribution in [0.15, 0.2) is 12.3 Å². The number of hydrogen-bond acceptors (Lipinski definition) is 3. The molecule has 0 spiro atoms. The lowest BCUT2D eigenvalue weighted by Crippen LogP contribution is -2.42. The Hall–Kier alpha value is -0.870. The third-order valence-corrected chi connectivity index (χ3v) is 3.86. The van der Waals surface area contributed by atoms with Crippen LogP contribution in [0.1, 0.15) is 57.3 Å². The van der Waals surface area contributed by atoms with Crippen molar-refractivity contribution >= 4 is 0 Å². The molecule has 1 atom stereocenters. The highest BCUT2D eigenvalue weighted by Crippen LogP contribution is 2.41. The van der Waals surface area contributed by atoms with E-state index < -0.39 is 0 Å². The van der Waals surface area contributed by atoms with Gasteiger partial charge < -0.3 is 10.5 Å². The van der Waals surface area contributed by atoms with Crippen molar-refractivity contribution in [2.45, 2.75) is 57.2 Å². The van der Waals surface area contributed by atoms with E-state index in [2.05, 4.69) is 18.9 Å². The maximum absolute atomic E-state index is 6.31. The molecule has 1 heterocycles. The second-order valence-corrected chi connectivity index (χ2v) is 5.35. The highest BCUT2D eigenvalue weighted by Gasteiger charge is 2.39. The van der Waals surface area contributed by atoms with Gasteiger partial charge in [-0.15, -0.1) is 0 Å². The van der Waals surface area contributed by atoms with Gasteiger partial charge in [0.15, 0.2) is 0 Å². The first-order chi connectivity index (χ1) is 8.08. The van der Waals surface area contributed by atoms with Crippen molar-refractivity contribution in [2.24, 2.45) is 5.73 Å². The smallest absolute Gasteiger partial charge is 0.0697 e. The molecular weight excluding hydrogens is 214 g/mol. The molecule has 2 rings (SSSR count). The Morgan fingerprint density at radius 2 is 2.24 bits per heavy atom. The predicted molar refractivity (Wildman–Crippen MR) is 67.7 cm³/mol. The molecule has 1 aliphatic carbocycles. The Bertz CT molecular complexity index is 363. The fourth-order valence-corrected chi connectivity index (χ4v) is 2.62. The van der Waals surface area contributed by atoms with Gasteiger partial charge in [0, 0.05) is 25.4 Å². The van der Waals surface area contributed by atoms with Crippen LogP contribution < -0.4 is 5.73 Å². The van der Waals surface area contributed by atoms with Gasteiger partial charge in [-0.2, -0.15) is 5.10 Å². The molecule has 1 saturated carbocycles. The molecule has 0 aromatic carbocycles. The van der Waals surface area contributed by atoms with Gasteiger partial charge in [0.1, 0.15) is 0 Å². The van der Waals surface area contributed by atoms with Gasteiger partial charge in [-0.25, -0.2) is 0 Å². The summed E-state index contributed by atoms with van der Waals surface area (Å²) >= 11 is 0. The highest BCUT2D eigenvalue weighted by atomic mass is 16.5. The van der Waals surface area contributed by atoms with Crippen molar-refractivity contribution in [1.29, 1.82) is 0 Å². The molecule has 4 nitrogen and oxygen atoms in total. The molecule has 0 bridgehead atoms. The molecule has 2 N–H and O–H groups in total. The summed E-state index contributed by atoms with van der Waals surface area (Å²) in [4.78, 5) is 0. The van der Waals surface area contributed by atoms with Gasteiger partial charge in [-0.05, 0) is 45.6 Å². The number of nitrogens with zero attached hydrogens (tertiary/aromatic N) is 2. The van der Waals surface area contributed by atoms with E-state index in [1.54, 1.807) is 7.11 Å². The van der Waals surface area contributed by atoms with Crippen LogP contribution in [0.3, 0.4) is 0 Å². The van der Waals surface area contributed by atoms with Gasteiger partial charge in [-0.3, -0.25) is 4.68 Å². The molecule has 96 valence electrons. The average molecular weight is 237 g/mol. The first-order valence-electron chi connectivity index (χ1n) is 6.42. The quantitative estimate of drug-likeness (QED) is 0.855. The molecule has 1 fully saturated rings. The lowest BCUT2D eigenvalue weighted by atomic mass is 9.75. The van der Waals surface area contributed by atoms with E-state index in [1.165, 1.54) is 6.42 Å². The summed E-state index contributed by atoms with van der Waals surface area (Å²) < 4.78 is 7.64. The zero-order chi connectivity index (χ0) is 12.5. The summed E-state index contributed by atoms with van der Waals surface area (Å²) in [6, 6.07) is 2.39. The lowest BCUT2D eigenvalue weighted by molar-refractivity contribution is -0.0821. The summed E-state index contributed by atoms with van der Waals surface area (Å²) in [5.74, 6) is 0. The minimum Gasteiger partial charge on any atom is -0.378 e. The molecule has 1 aromatic rings. The standard InChI is InChI=1S/C13H23N3O/c1-10(2)16-12(5-8-15-16)11(14)9-13(17-3)6-4-7-13/h5,8,10-11H,4,6-7,9,14H2,1-3H3. The second kappa shape index (κ2) is 4.78. The second-order valence-electron chi connectivity index (χ2n) is 5.35. The largest absolute Gasteiger partial charge is 0.378 e. The summed E-state index contributed by atoms with van der Waals surface area (Å²) in [5, 5.41) is 4.33. The third kappa shape index (κ3) is 2.38. The van der Waals surface area contributed by atoms with Crippen LogP contribution in [0.5, 0.6) is 0 Å². The van der Waals surface area contributed by atoms with E-state index in [-0.39, 0.29) is 11.6 Å². The van der Waals surface area contributed by atoms with Gasteiger partial charge in [0.25, 0.3) is 0 Å². The van der Waals surface area contributed by atoms with Gasteiger partial charge in [0.05, 0.1) is 11.3 Å². The van der Waals surface area contributed by atoms with E-state index >= 15 is 0 Å². The maximum atomic E-state index is 6.31. The van der Waals surface area contributed by atoms with Crippen molar-refractivity contribution in [3.8, 4) is 0 Å². The first kappa shape index (κ1) is 12.6. The van der Waals surface area contributed by atoms with Gasteiger partial charge >= 0.3 is 0 Å². The van der Waals surface area contributed by atoms with Crippen molar-refractivity contribution in [2.75, 3.05) is 7.11 Å². The molecule has 1 unspecified atom stereocenters. The summed E-state index contributed by atoms with van der Waals surface area (Å²) in [6.07, 6.45) is 6.24. The third-order valence-electron chi connectivity index (χ3n) is 3.86. The van der Waals surface area contributed by atoms with Crippen molar-refractivity contribution in [3.63, 3.8) is 0 Å². The maximum Gasteiger partial charge on any atom is 0.0697 e. The van der Waals surface area contributed by atoms with Crippen LogP contribution >= 0.6 is 0 Å². The van der Waals surface area contributed by atoms with E-state index in [4.69, 9.17) is 10.5 Å². The van der Waals surface area contributed by atoms with Crippen molar-refractivity contribution < 1.29 is 4.74 Å². The molecule has 17 heavy (non-hydrogen) atoms. The minimum absolute atomic E-state index is 0.0140. The predicted octanol–water partition coefficient (Wildman–Crippen LogP) is 2.42. The first-order valence-corrected chi connectivity index (χ1v) is 6.42. The van der Waals surface area contributed by atoms with Gasteiger partial charge in [-0.1, -0.05) is 0 Å². The Morgan fingerprint density at radius 3 is 2.71 bits per heavy atom. The zero-order valence-electron chi connectivity index (χ0n) is 11.0. The van der Waals surface area contributed by atoms with Crippen LogP contribution in [0.25, 0.3) is 0 Å². The topological polar surface area (TPSA) is 53.1 Å². The number of nitrogens with two attached hydrogens (primary N) is 1. The van der Waals surface area contributed by atoms with Crippen molar-refractivity contribution in [3.05, 3.63) is 18.0 Å². The lowest BCUT2D eigenvalue weighted by Gasteiger charge is -2.42. The van der Waals surface area contributed by atoms with E-state index in [0.29, 0.717) is 6.04 Å². The van der Waals surface area contributed by atoms with Gasteiger partial charge in [0.2, 0.25) is 0 Å². The number of rotatable bonds is 5. The molecule has 4 heteroatoms. The zero-order valence-corrected chi connectivity index (χ0v) is 11.0. The SMILES string of the molecule is COC1(CC(N)c2ccnn2C(C)C)CCC1.